The first-order valence-corrected chi connectivity index (χ1v) is 23.4. The molecule has 8 fully saturated rings. The van der Waals surface area contributed by atoms with E-state index in [0.29, 0.717) is 36.5 Å². The van der Waals surface area contributed by atoms with Crippen LogP contribution in [0.15, 0.2) is 11.6 Å². The molecule has 5 heterocycles. The Morgan fingerprint density at radius 2 is 1.33 bits per heavy atom. The van der Waals surface area contributed by atoms with E-state index in [2.05, 4.69) is 26.8 Å². The fourth-order valence-electron chi connectivity index (χ4n) is 14.2. The molecule has 5 saturated heterocycles. The number of rotatable bonds is 9. The van der Waals surface area contributed by atoms with E-state index in [1.807, 2.05) is 6.92 Å². The summed E-state index contributed by atoms with van der Waals surface area (Å²) in [7, 11) is 0. The van der Waals surface area contributed by atoms with Crippen molar-refractivity contribution in [2.75, 3.05) is 19.8 Å². The summed E-state index contributed by atoms with van der Waals surface area (Å²) in [5.74, 6) is 1.43. The van der Waals surface area contributed by atoms with E-state index in [0.717, 1.165) is 44.9 Å². The monoisotopic (exact) mass is 900 g/mol. The predicted molar refractivity (Wildman–Crippen MR) is 216 cm³/mol. The molecule has 9 aliphatic rings. The Kier molecular flexibility index (Phi) is 12.9. The van der Waals surface area contributed by atoms with Crippen LogP contribution in [0.2, 0.25) is 0 Å². The standard InChI is InChI=1S/C45H72O18/c1-19-29-26(62-45(19)13-12-42(3,18-48)63-45)15-25-23-7-6-21-14-22(8-10-43(21,4)24(23)9-11-44(25,29)5)57-41-38(61-40-35(54)33(52)31(50)27(16-46)58-40)36(55)37(28(17-47)59-41)60-39-34(53)32(51)30(49)20(2)56-39/h6,19-20,22-41,46-55H,7-18H2,1-5H3. The molecule has 10 N–H and O–H groups in total. The summed E-state index contributed by atoms with van der Waals surface area (Å²) in [5.41, 5.74) is 0.762. The van der Waals surface area contributed by atoms with Crippen LogP contribution >= 0.6 is 0 Å². The van der Waals surface area contributed by atoms with Crippen LogP contribution in [0.4, 0.5) is 0 Å². The molecule has 0 bridgehead atoms. The largest absolute Gasteiger partial charge is 0.394 e. The van der Waals surface area contributed by atoms with Crippen LogP contribution in [0, 0.1) is 40.4 Å². The minimum Gasteiger partial charge on any atom is -0.394 e. The van der Waals surface area contributed by atoms with Gasteiger partial charge < -0.3 is 89.0 Å². The van der Waals surface area contributed by atoms with Crippen LogP contribution in [0.3, 0.4) is 0 Å². The zero-order chi connectivity index (χ0) is 45.1. The summed E-state index contributed by atoms with van der Waals surface area (Å²) in [4.78, 5) is 0. The number of hydrogen-bond acceptors (Lipinski definition) is 18. The molecule has 5 aliphatic heterocycles. The molecule has 0 radical (unpaired) electrons. The van der Waals surface area contributed by atoms with Gasteiger partial charge in [0.1, 0.15) is 67.1 Å². The van der Waals surface area contributed by atoms with Crippen LogP contribution in [0.5, 0.6) is 0 Å². The number of ether oxygens (including phenoxy) is 8. The van der Waals surface area contributed by atoms with Gasteiger partial charge in [0.25, 0.3) is 0 Å². The van der Waals surface area contributed by atoms with Gasteiger partial charge in [-0.1, -0.05) is 32.4 Å². The molecule has 26 atom stereocenters. The summed E-state index contributed by atoms with van der Waals surface area (Å²) in [6, 6.07) is 0. The molecule has 9 rings (SSSR count). The lowest BCUT2D eigenvalue weighted by molar-refractivity contribution is -0.390. The van der Waals surface area contributed by atoms with E-state index in [9.17, 15) is 51.1 Å². The van der Waals surface area contributed by atoms with Crippen molar-refractivity contribution < 1.29 is 89.0 Å². The first-order valence-electron chi connectivity index (χ1n) is 23.4. The van der Waals surface area contributed by atoms with Gasteiger partial charge in [-0.15, -0.1) is 0 Å². The Morgan fingerprint density at radius 3 is 2.02 bits per heavy atom. The van der Waals surface area contributed by atoms with Gasteiger partial charge in [-0.05, 0) is 99.7 Å². The Morgan fingerprint density at radius 1 is 0.667 bits per heavy atom. The van der Waals surface area contributed by atoms with Crippen LogP contribution in [-0.2, 0) is 37.9 Å². The van der Waals surface area contributed by atoms with Crippen molar-refractivity contribution in [3.05, 3.63) is 11.6 Å². The topological polar surface area (TPSA) is 276 Å². The normalized spacial score (nSPS) is 57.9. The van der Waals surface area contributed by atoms with Crippen LogP contribution in [0.25, 0.3) is 0 Å². The number of aliphatic hydroxyl groups is 10. The van der Waals surface area contributed by atoms with E-state index in [4.69, 9.17) is 37.9 Å². The second kappa shape index (κ2) is 17.2. The van der Waals surface area contributed by atoms with Gasteiger partial charge in [-0.3, -0.25) is 0 Å². The van der Waals surface area contributed by atoms with Gasteiger partial charge in [0.2, 0.25) is 0 Å². The molecule has 0 aromatic rings. The first-order chi connectivity index (χ1) is 29.8. The molecule has 18 nitrogen and oxygen atoms in total. The quantitative estimate of drug-likeness (QED) is 0.129. The first kappa shape index (κ1) is 47.1. The van der Waals surface area contributed by atoms with Crippen molar-refractivity contribution >= 4 is 0 Å². The van der Waals surface area contributed by atoms with Crippen LogP contribution in [-0.4, -0.2) is 187 Å². The predicted octanol–water partition coefficient (Wildman–Crippen LogP) is -0.671. The fourth-order valence-corrected chi connectivity index (χ4v) is 14.2. The lowest BCUT2D eigenvalue weighted by atomic mass is 9.47. The average Bonchev–Trinajstić information content (AvgIpc) is 3.87. The molecule has 4 aliphatic carbocycles. The van der Waals surface area contributed by atoms with Crippen molar-refractivity contribution in [1.29, 1.82) is 0 Å². The smallest absolute Gasteiger partial charge is 0.187 e. The average molecular weight is 901 g/mol. The van der Waals surface area contributed by atoms with Crippen molar-refractivity contribution in [2.45, 2.75) is 208 Å². The third-order valence-corrected chi connectivity index (χ3v) is 17.8. The number of hydrogen-bond donors (Lipinski definition) is 10. The highest BCUT2D eigenvalue weighted by Crippen LogP contribution is 2.71. The molecule has 18 heteroatoms. The summed E-state index contributed by atoms with van der Waals surface area (Å²) >= 11 is 0. The van der Waals surface area contributed by atoms with Gasteiger partial charge in [0.15, 0.2) is 24.7 Å². The van der Waals surface area contributed by atoms with E-state index < -0.39 is 123 Å². The summed E-state index contributed by atoms with van der Waals surface area (Å²) in [6.45, 7) is 9.19. The molecule has 0 amide bonds. The lowest BCUT2D eigenvalue weighted by Crippen LogP contribution is -2.67. The minimum absolute atomic E-state index is 0.0192. The third kappa shape index (κ3) is 7.62. The van der Waals surface area contributed by atoms with Gasteiger partial charge in [0.05, 0.1) is 43.7 Å². The maximum absolute atomic E-state index is 12.0. The molecule has 360 valence electrons. The molecule has 3 saturated carbocycles. The van der Waals surface area contributed by atoms with Crippen molar-refractivity contribution in [2.24, 2.45) is 40.4 Å². The molecule has 0 aromatic heterocycles. The second-order valence-electron chi connectivity index (χ2n) is 21.3. The van der Waals surface area contributed by atoms with Crippen molar-refractivity contribution in [3.63, 3.8) is 0 Å². The Balaban J connectivity index is 0.920. The van der Waals surface area contributed by atoms with Crippen LogP contribution in [0.1, 0.15) is 92.4 Å². The Hall–Kier alpha value is -0.980. The Labute approximate surface area is 368 Å². The number of allylic oxidation sites excluding steroid dienone is 1. The molecule has 1 spiro atoms. The van der Waals surface area contributed by atoms with Crippen molar-refractivity contribution in [3.8, 4) is 0 Å². The maximum Gasteiger partial charge on any atom is 0.187 e. The minimum atomic E-state index is -1.83. The molecule has 0 aromatic carbocycles. The van der Waals surface area contributed by atoms with Gasteiger partial charge in [-0.2, -0.15) is 0 Å². The zero-order valence-corrected chi connectivity index (χ0v) is 37.0. The van der Waals surface area contributed by atoms with Gasteiger partial charge in [0, 0.05) is 12.3 Å². The summed E-state index contributed by atoms with van der Waals surface area (Å²) < 4.78 is 49.9. The number of aliphatic hydroxyl groups excluding tert-OH is 10. The van der Waals surface area contributed by atoms with E-state index in [1.54, 1.807) is 0 Å². The third-order valence-electron chi connectivity index (χ3n) is 17.8. The zero-order valence-electron chi connectivity index (χ0n) is 37.0. The highest BCUT2D eigenvalue weighted by atomic mass is 16.8. The molecule has 63 heavy (non-hydrogen) atoms. The van der Waals surface area contributed by atoms with Gasteiger partial charge >= 0.3 is 0 Å². The second-order valence-corrected chi connectivity index (χ2v) is 21.3. The highest BCUT2D eigenvalue weighted by Gasteiger charge is 2.70. The molecule has 26 unspecified atom stereocenters. The molecular formula is C45H72O18. The number of fused-ring (bicyclic) bond motifs is 7. The SMILES string of the molecule is CC1OC(OC2C(CO)OC(OC3CCC4(C)C(=CCC5C4CCC4(C)C5CC5OC6(CCC(C)(CO)O6)C(C)C54)C3)C(OC3OC(CO)C(O)C(O)C3O)C2O)C(O)C(O)C1O. The van der Waals surface area contributed by atoms with Crippen molar-refractivity contribution in [1.82, 2.24) is 0 Å². The summed E-state index contributed by atoms with van der Waals surface area (Å²) in [6.07, 6.45) is -13.2. The fraction of sp³-hybridized carbons (Fsp3) is 0.956. The van der Waals surface area contributed by atoms with E-state index in [1.165, 1.54) is 12.5 Å². The van der Waals surface area contributed by atoms with E-state index >= 15 is 0 Å². The highest BCUT2D eigenvalue weighted by molar-refractivity contribution is 5.26. The lowest BCUT2D eigenvalue weighted by Gasteiger charge is -2.58. The maximum atomic E-state index is 12.0. The Bertz CT molecular complexity index is 1670. The molecular weight excluding hydrogens is 828 g/mol. The van der Waals surface area contributed by atoms with E-state index in [-0.39, 0.29) is 29.5 Å². The van der Waals surface area contributed by atoms with Gasteiger partial charge in [-0.25, -0.2) is 0 Å². The summed E-state index contributed by atoms with van der Waals surface area (Å²) in [5, 5.41) is 106. The van der Waals surface area contributed by atoms with Crippen LogP contribution < -0.4 is 0 Å².